The molecule has 0 aliphatic heterocycles. The zero-order valence-electron chi connectivity index (χ0n) is 10.1. The molecular formula is C14H21NO. The molecule has 0 radical (unpaired) electrons. The highest BCUT2D eigenvalue weighted by molar-refractivity contribution is 5.36. The quantitative estimate of drug-likeness (QED) is 0.812. The molecule has 88 valence electrons. The molecule has 0 aromatic heterocycles. The van der Waals surface area contributed by atoms with Gasteiger partial charge in [0.1, 0.15) is 0 Å². The Bertz CT molecular complexity index is 348. The van der Waals surface area contributed by atoms with Crippen molar-refractivity contribution in [2.45, 2.75) is 44.7 Å². The van der Waals surface area contributed by atoms with Crippen molar-refractivity contribution in [2.24, 2.45) is 0 Å². The summed E-state index contributed by atoms with van der Waals surface area (Å²) in [4.78, 5) is 0. The fourth-order valence-electron chi connectivity index (χ4n) is 2.73. The van der Waals surface area contributed by atoms with Crippen LogP contribution in [0.1, 0.15) is 37.3 Å². The van der Waals surface area contributed by atoms with Crippen LogP contribution < -0.4 is 5.32 Å². The third kappa shape index (κ3) is 2.28. The van der Waals surface area contributed by atoms with E-state index in [0.29, 0.717) is 12.0 Å². The largest absolute Gasteiger partial charge is 0.395 e. The zero-order chi connectivity index (χ0) is 11.5. The van der Waals surface area contributed by atoms with Crippen LogP contribution in [-0.2, 0) is 6.42 Å². The van der Waals surface area contributed by atoms with Gasteiger partial charge < -0.3 is 10.4 Å². The smallest absolute Gasteiger partial charge is 0.0590 e. The Labute approximate surface area is 97.7 Å². The fraction of sp³-hybridized carbons (Fsp3) is 0.571. The number of rotatable bonds is 4. The predicted octanol–water partition coefficient (Wildman–Crippen LogP) is 2.08. The number of hydrogen-bond donors (Lipinski definition) is 2. The van der Waals surface area contributed by atoms with Crippen molar-refractivity contribution in [1.82, 2.24) is 5.32 Å². The summed E-state index contributed by atoms with van der Waals surface area (Å²) in [6, 6.07) is 9.23. The molecule has 2 rings (SSSR count). The molecule has 0 heterocycles. The van der Waals surface area contributed by atoms with E-state index in [1.54, 1.807) is 0 Å². The minimum atomic E-state index is 0.198. The Kier molecular flexibility index (Phi) is 3.62. The van der Waals surface area contributed by atoms with Crippen LogP contribution in [0.3, 0.4) is 0 Å². The van der Waals surface area contributed by atoms with Gasteiger partial charge in [0.15, 0.2) is 0 Å². The lowest BCUT2D eigenvalue weighted by molar-refractivity contribution is 0.214. The maximum Gasteiger partial charge on any atom is 0.0590 e. The van der Waals surface area contributed by atoms with Gasteiger partial charge in [0.25, 0.3) is 0 Å². The highest BCUT2D eigenvalue weighted by Gasteiger charge is 2.29. The summed E-state index contributed by atoms with van der Waals surface area (Å²) in [7, 11) is 0. The van der Waals surface area contributed by atoms with E-state index in [4.69, 9.17) is 0 Å². The second kappa shape index (κ2) is 4.98. The predicted molar refractivity (Wildman–Crippen MR) is 66.6 cm³/mol. The Morgan fingerprint density at radius 1 is 1.38 bits per heavy atom. The van der Waals surface area contributed by atoms with Crippen molar-refractivity contribution in [3.8, 4) is 0 Å². The number of nitrogens with one attached hydrogen (secondary N) is 1. The van der Waals surface area contributed by atoms with Crippen LogP contribution in [0.15, 0.2) is 24.3 Å². The molecule has 0 fully saturated rings. The van der Waals surface area contributed by atoms with Crippen molar-refractivity contribution in [1.29, 1.82) is 0 Å². The first-order valence-corrected chi connectivity index (χ1v) is 6.17. The second-order valence-electron chi connectivity index (χ2n) is 4.95. The van der Waals surface area contributed by atoms with Crippen LogP contribution in [0.25, 0.3) is 0 Å². The molecule has 1 aliphatic carbocycles. The topological polar surface area (TPSA) is 32.3 Å². The van der Waals surface area contributed by atoms with Crippen LogP contribution in [0.5, 0.6) is 0 Å². The van der Waals surface area contributed by atoms with Gasteiger partial charge >= 0.3 is 0 Å². The van der Waals surface area contributed by atoms with Gasteiger partial charge in [-0.15, -0.1) is 0 Å². The van der Waals surface area contributed by atoms with Crippen LogP contribution in [0, 0.1) is 0 Å². The fourth-order valence-corrected chi connectivity index (χ4v) is 2.73. The summed E-state index contributed by atoms with van der Waals surface area (Å²) in [6.07, 6.45) is 2.31. The van der Waals surface area contributed by atoms with Crippen molar-refractivity contribution < 1.29 is 5.11 Å². The average molecular weight is 219 g/mol. The van der Waals surface area contributed by atoms with Gasteiger partial charge in [0.05, 0.1) is 6.61 Å². The van der Waals surface area contributed by atoms with Crippen LogP contribution in [0.4, 0.5) is 0 Å². The highest BCUT2D eigenvalue weighted by atomic mass is 16.3. The molecule has 0 saturated carbocycles. The van der Waals surface area contributed by atoms with E-state index in [1.807, 2.05) is 0 Å². The number of fused-ring (bicyclic) bond motifs is 1. The first kappa shape index (κ1) is 11.6. The van der Waals surface area contributed by atoms with Gasteiger partial charge in [-0.05, 0) is 24.0 Å². The Hall–Kier alpha value is -0.860. The number of aryl methyl sites for hydroxylation is 1. The average Bonchev–Trinajstić information content (AvgIpc) is 2.69. The monoisotopic (exact) mass is 219 g/mol. The Balaban J connectivity index is 2.16. The normalized spacial score (nSPS) is 21.1. The SMILES string of the molecule is CC(C)NC(CO)C1CCc2ccccc21. The molecule has 1 aromatic carbocycles. The Morgan fingerprint density at radius 2 is 2.12 bits per heavy atom. The first-order valence-electron chi connectivity index (χ1n) is 6.17. The molecule has 2 unspecified atom stereocenters. The third-order valence-corrected chi connectivity index (χ3v) is 3.41. The molecule has 1 aromatic rings. The second-order valence-corrected chi connectivity index (χ2v) is 4.95. The van der Waals surface area contributed by atoms with E-state index in [9.17, 15) is 5.11 Å². The lowest BCUT2D eigenvalue weighted by Gasteiger charge is -2.25. The molecular weight excluding hydrogens is 198 g/mol. The Morgan fingerprint density at radius 3 is 2.81 bits per heavy atom. The number of benzene rings is 1. The van der Waals surface area contributed by atoms with E-state index in [0.717, 1.165) is 12.8 Å². The van der Waals surface area contributed by atoms with Gasteiger partial charge in [-0.1, -0.05) is 38.1 Å². The summed E-state index contributed by atoms with van der Waals surface area (Å²) in [6.45, 7) is 4.48. The molecule has 2 N–H and O–H groups in total. The summed E-state index contributed by atoms with van der Waals surface area (Å²) in [5, 5.41) is 13.0. The minimum Gasteiger partial charge on any atom is -0.395 e. The highest BCUT2D eigenvalue weighted by Crippen LogP contribution is 2.35. The van der Waals surface area contributed by atoms with Gasteiger partial charge in [-0.2, -0.15) is 0 Å². The number of aliphatic hydroxyl groups excluding tert-OH is 1. The lowest BCUT2D eigenvalue weighted by Crippen LogP contribution is -2.41. The van der Waals surface area contributed by atoms with E-state index in [2.05, 4.69) is 43.4 Å². The maximum absolute atomic E-state index is 9.50. The molecule has 0 amide bonds. The van der Waals surface area contributed by atoms with Gasteiger partial charge in [0, 0.05) is 18.0 Å². The van der Waals surface area contributed by atoms with Crippen LogP contribution >= 0.6 is 0 Å². The van der Waals surface area contributed by atoms with Gasteiger partial charge in [0.2, 0.25) is 0 Å². The molecule has 0 saturated heterocycles. The van der Waals surface area contributed by atoms with Crippen molar-refractivity contribution in [3.63, 3.8) is 0 Å². The molecule has 16 heavy (non-hydrogen) atoms. The van der Waals surface area contributed by atoms with Gasteiger partial charge in [-0.3, -0.25) is 0 Å². The number of aliphatic hydroxyl groups is 1. The van der Waals surface area contributed by atoms with Crippen molar-refractivity contribution >= 4 is 0 Å². The zero-order valence-corrected chi connectivity index (χ0v) is 10.1. The molecule has 2 atom stereocenters. The first-order chi connectivity index (χ1) is 7.72. The van der Waals surface area contributed by atoms with Crippen molar-refractivity contribution in [3.05, 3.63) is 35.4 Å². The standard InChI is InChI=1S/C14H21NO/c1-10(2)15-14(9-16)13-8-7-11-5-3-4-6-12(11)13/h3-6,10,13-16H,7-9H2,1-2H3. The minimum absolute atomic E-state index is 0.198. The lowest BCUT2D eigenvalue weighted by atomic mass is 9.93. The summed E-state index contributed by atoms with van der Waals surface area (Å²) in [5.41, 5.74) is 2.88. The number of hydrogen-bond acceptors (Lipinski definition) is 2. The van der Waals surface area contributed by atoms with E-state index in [1.165, 1.54) is 11.1 Å². The van der Waals surface area contributed by atoms with Gasteiger partial charge in [-0.25, -0.2) is 0 Å². The third-order valence-electron chi connectivity index (χ3n) is 3.41. The van der Waals surface area contributed by atoms with E-state index < -0.39 is 0 Å². The summed E-state index contributed by atoms with van der Waals surface area (Å²) in [5.74, 6) is 0.476. The molecule has 1 aliphatic rings. The molecule has 2 heteroatoms. The van der Waals surface area contributed by atoms with E-state index in [-0.39, 0.29) is 12.6 Å². The molecule has 0 bridgehead atoms. The van der Waals surface area contributed by atoms with Crippen LogP contribution in [-0.4, -0.2) is 23.8 Å². The van der Waals surface area contributed by atoms with Crippen molar-refractivity contribution in [2.75, 3.05) is 6.61 Å². The maximum atomic E-state index is 9.50. The summed E-state index contributed by atoms with van der Waals surface area (Å²) >= 11 is 0. The molecule has 0 spiro atoms. The van der Waals surface area contributed by atoms with Crippen LogP contribution in [0.2, 0.25) is 0 Å². The molecule has 2 nitrogen and oxygen atoms in total. The summed E-state index contributed by atoms with van der Waals surface area (Å²) < 4.78 is 0. The van der Waals surface area contributed by atoms with E-state index >= 15 is 0 Å².